The molecule has 0 aliphatic rings. The zero-order valence-corrected chi connectivity index (χ0v) is 19.4. The molecule has 6 heteroatoms. The molecule has 0 bridgehead atoms. The van der Waals surface area contributed by atoms with Gasteiger partial charge in [0.1, 0.15) is 0 Å². The number of aryl methyl sites for hydroxylation is 2. The van der Waals surface area contributed by atoms with Gasteiger partial charge in [-0.1, -0.05) is 36.4 Å². The molecule has 0 saturated heterocycles. The molecule has 136 valence electrons. The Morgan fingerprint density at radius 2 is 1.12 bits per heavy atom. The van der Waals surface area contributed by atoms with Crippen molar-refractivity contribution in [3.8, 4) is 0 Å². The van der Waals surface area contributed by atoms with Gasteiger partial charge in [0.2, 0.25) is 0 Å². The zero-order chi connectivity index (χ0) is 18.8. The zero-order valence-electron chi connectivity index (χ0n) is 14.3. The minimum atomic E-state index is 0.875. The van der Waals surface area contributed by atoms with Crippen molar-refractivity contribution >= 4 is 63.4 Å². The number of aliphatic imine (C=N–C) groups is 2. The molecular formula is C20H18Br2FeN2S. The third kappa shape index (κ3) is 6.93. The van der Waals surface area contributed by atoms with Gasteiger partial charge in [0.25, 0.3) is 0 Å². The van der Waals surface area contributed by atoms with Crippen LogP contribution in [0.15, 0.2) is 70.6 Å². The minimum absolute atomic E-state index is 0.875. The predicted octanol–water partition coefficient (Wildman–Crippen LogP) is 7.55. The van der Waals surface area contributed by atoms with Crippen LogP contribution in [0.2, 0.25) is 0 Å². The molecule has 0 spiro atoms. The Balaban J connectivity index is 0.000000758. The molecule has 0 aliphatic heterocycles. The third-order valence-electron chi connectivity index (χ3n) is 3.54. The van der Waals surface area contributed by atoms with Gasteiger partial charge < -0.3 is 0 Å². The first-order valence-corrected chi connectivity index (χ1v) is 14.1. The van der Waals surface area contributed by atoms with E-state index in [1.807, 2.05) is 48.8 Å². The topological polar surface area (TPSA) is 24.7 Å². The van der Waals surface area contributed by atoms with Crippen molar-refractivity contribution < 1.29 is 11.3 Å². The molecule has 3 rings (SSSR count). The van der Waals surface area contributed by atoms with Gasteiger partial charge in [0, 0.05) is 22.2 Å². The van der Waals surface area contributed by atoms with E-state index in [0.29, 0.717) is 0 Å². The molecule has 1 heterocycles. The second-order valence-corrected chi connectivity index (χ2v) is 12.1. The van der Waals surface area contributed by atoms with Crippen LogP contribution in [0, 0.1) is 13.8 Å². The summed E-state index contributed by atoms with van der Waals surface area (Å²) in [6, 6.07) is 20.4. The monoisotopic (exact) mass is 532 g/mol. The standard InChI is InChI=1S/C20H18N2S.2BrH.Fe/c1-15-7-3-5-9-19(15)21-13-17-11-12-18(23-17)14-22-20-10-6-4-8-16(20)2;;;/h3-14H,1-2H3;2*1H;/q;;;+2/p-2. The quantitative estimate of drug-likeness (QED) is 0.244. The van der Waals surface area contributed by atoms with Crippen LogP contribution in [-0.4, -0.2) is 12.4 Å². The third-order valence-corrected chi connectivity index (χ3v) is 4.49. The molecule has 0 atom stereocenters. The number of benzene rings is 2. The van der Waals surface area contributed by atoms with E-state index in [0.717, 1.165) is 32.5 Å². The molecule has 0 saturated carbocycles. The van der Waals surface area contributed by atoms with Gasteiger partial charge in [-0.3, -0.25) is 9.98 Å². The average molecular weight is 534 g/mol. The fraction of sp³-hybridized carbons (Fsp3) is 0.100. The molecule has 0 aliphatic carbocycles. The van der Waals surface area contributed by atoms with Crippen LogP contribution >= 0.6 is 39.6 Å². The van der Waals surface area contributed by atoms with Crippen molar-refractivity contribution in [3.63, 3.8) is 0 Å². The van der Waals surface area contributed by atoms with Gasteiger partial charge in [-0.05, 0) is 49.2 Å². The average Bonchev–Trinajstić information content (AvgIpc) is 3.09. The molecule has 2 nitrogen and oxygen atoms in total. The van der Waals surface area contributed by atoms with Gasteiger partial charge in [-0.2, -0.15) is 0 Å². The van der Waals surface area contributed by atoms with E-state index in [9.17, 15) is 0 Å². The molecular weight excluding hydrogens is 516 g/mol. The van der Waals surface area contributed by atoms with Gasteiger partial charge in [-0.25, -0.2) is 0 Å². The number of halogens is 2. The number of hydrogen-bond acceptors (Lipinski definition) is 3. The summed E-state index contributed by atoms with van der Waals surface area (Å²) in [7, 11) is 0. The van der Waals surface area contributed by atoms with Gasteiger partial charge >= 0.3 is 39.6 Å². The van der Waals surface area contributed by atoms with E-state index in [4.69, 9.17) is 0 Å². The summed E-state index contributed by atoms with van der Waals surface area (Å²) < 4.78 is 0. The number of thiophene rings is 1. The Labute approximate surface area is 179 Å². The van der Waals surface area contributed by atoms with Gasteiger partial charge in [-0.15, -0.1) is 11.3 Å². The number of hydrogen-bond donors (Lipinski definition) is 0. The summed E-state index contributed by atoms with van der Waals surface area (Å²) in [6.07, 6.45) is 3.83. The SMILES string of the molecule is Cc1ccccc1N=Cc1ccc(C=Nc2ccccc2C)s1.[Br][Fe][Br]. The molecule has 0 fully saturated rings. The Kier molecular flexibility index (Phi) is 9.51. The summed E-state index contributed by atoms with van der Waals surface area (Å²) in [5.41, 5.74) is 4.38. The van der Waals surface area contributed by atoms with Crippen molar-refractivity contribution in [3.05, 3.63) is 81.5 Å². The summed E-state index contributed by atoms with van der Waals surface area (Å²) in [5.74, 6) is 0. The van der Waals surface area contributed by atoms with Crippen molar-refractivity contribution in [1.82, 2.24) is 0 Å². The number of rotatable bonds is 4. The van der Waals surface area contributed by atoms with Crippen molar-refractivity contribution in [2.45, 2.75) is 13.8 Å². The maximum atomic E-state index is 4.56. The van der Waals surface area contributed by atoms with Gasteiger partial charge in [0.05, 0.1) is 11.4 Å². The van der Waals surface area contributed by atoms with E-state index in [2.05, 4.69) is 76.3 Å². The predicted molar refractivity (Wildman–Crippen MR) is 119 cm³/mol. The second-order valence-electron chi connectivity index (χ2n) is 5.38. The van der Waals surface area contributed by atoms with Crippen LogP contribution in [0.5, 0.6) is 0 Å². The van der Waals surface area contributed by atoms with E-state index in [1.54, 1.807) is 11.3 Å². The van der Waals surface area contributed by atoms with Crippen LogP contribution in [0.1, 0.15) is 20.9 Å². The van der Waals surface area contributed by atoms with E-state index >= 15 is 0 Å². The summed E-state index contributed by atoms with van der Waals surface area (Å²) >= 11 is 8.68. The summed E-state index contributed by atoms with van der Waals surface area (Å²) in [5, 5.41) is 0. The first-order chi connectivity index (χ1) is 12.6. The van der Waals surface area contributed by atoms with E-state index in [1.165, 1.54) is 11.1 Å². The fourth-order valence-electron chi connectivity index (χ4n) is 2.19. The molecule has 0 N–H and O–H groups in total. The van der Waals surface area contributed by atoms with Gasteiger partial charge in [0.15, 0.2) is 0 Å². The second kappa shape index (κ2) is 11.6. The van der Waals surface area contributed by atoms with Crippen LogP contribution in [-0.2, 0) is 11.3 Å². The maximum absolute atomic E-state index is 4.56. The van der Waals surface area contributed by atoms with Crippen LogP contribution < -0.4 is 0 Å². The van der Waals surface area contributed by atoms with E-state index in [-0.39, 0.29) is 0 Å². The molecule has 1 aromatic heterocycles. The Morgan fingerprint density at radius 3 is 1.50 bits per heavy atom. The number of nitrogens with zero attached hydrogens (tertiary/aromatic N) is 2. The first-order valence-electron chi connectivity index (χ1n) is 7.78. The first kappa shape index (κ1) is 21.3. The Hall–Kier alpha value is -1.04. The molecule has 0 amide bonds. The van der Waals surface area contributed by atoms with Crippen molar-refractivity contribution in [2.75, 3.05) is 0 Å². The molecule has 26 heavy (non-hydrogen) atoms. The molecule has 2 aromatic carbocycles. The normalized spacial score (nSPS) is 11.1. The van der Waals surface area contributed by atoms with Crippen molar-refractivity contribution in [1.29, 1.82) is 0 Å². The van der Waals surface area contributed by atoms with Crippen LogP contribution in [0.25, 0.3) is 0 Å². The van der Waals surface area contributed by atoms with Crippen LogP contribution in [0.3, 0.4) is 0 Å². The Bertz CT molecular complexity index is 821. The molecule has 0 radical (unpaired) electrons. The fourth-order valence-corrected chi connectivity index (χ4v) is 2.95. The number of para-hydroxylation sites is 2. The summed E-state index contributed by atoms with van der Waals surface area (Å²) in [6.45, 7) is 4.14. The van der Waals surface area contributed by atoms with Crippen molar-refractivity contribution in [2.24, 2.45) is 9.98 Å². The Morgan fingerprint density at radius 1 is 0.731 bits per heavy atom. The molecule has 0 unspecified atom stereocenters. The summed E-state index contributed by atoms with van der Waals surface area (Å²) in [4.78, 5) is 11.4. The van der Waals surface area contributed by atoms with E-state index < -0.39 is 0 Å². The van der Waals surface area contributed by atoms with Crippen LogP contribution in [0.4, 0.5) is 11.4 Å². The molecule has 3 aromatic rings.